The number of rotatable bonds is 4. The van der Waals surface area contributed by atoms with E-state index in [1.165, 1.54) is 0 Å². The van der Waals surface area contributed by atoms with Crippen LogP contribution in [-0.2, 0) is 4.74 Å². The highest BCUT2D eigenvalue weighted by Gasteiger charge is 2.09. The number of aliphatic hydroxyl groups excluding tert-OH is 1. The third-order valence-corrected chi connectivity index (χ3v) is 2.02. The van der Waals surface area contributed by atoms with E-state index in [-0.39, 0.29) is 12.6 Å². The summed E-state index contributed by atoms with van der Waals surface area (Å²) < 4.78 is 4.85. The molecule has 15 heavy (non-hydrogen) atoms. The van der Waals surface area contributed by atoms with Gasteiger partial charge in [-0.05, 0) is 24.6 Å². The number of ether oxygens (including phenoxy) is 1. The molecule has 1 aromatic rings. The van der Waals surface area contributed by atoms with Crippen molar-refractivity contribution in [1.29, 1.82) is 0 Å². The maximum Gasteiger partial charge on any atom is 0.338 e. The second-order valence-corrected chi connectivity index (χ2v) is 3.14. The highest BCUT2D eigenvalue weighted by atomic mass is 16.5. The van der Waals surface area contributed by atoms with Crippen LogP contribution in [0.1, 0.15) is 28.9 Å². The number of aliphatic hydroxyl groups is 1. The lowest BCUT2D eigenvalue weighted by molar-refractivity contribution is 0.0526. The average Bonchev–Trinajstić information content (AvgIpc) is 2.28. The van der Waals surface area contributed by atoms with Gasteiger partial charge in [-0.3, -0.25) is 0 Å². The molecule has 0 saturated carbocycles. The van der Waals surface area contributed by atoms with Crippen molar-refractivity contribution >= 4 is 5.97 Å². The van der Waals surface area contributed by atoms with Gasteiger partial charge in [-0.25, -0.2) is 4.79 Å². The lowest BCUT2D eigenvalue weighted by Crippen LogP contribution is -2.15. The number of nitrogens with two attached hydrogens (primary N) is 1. The normalized spacial score (nSPS) is 12.2. The molecule has 0 saturated heterocycles. The molecule has 3 N–H and O–H groups in total. The van der Waals surface area contributed by atoms with Crippen LogP contribution < -0.4 is 5.73 Å². The van der Waals surface area contributed by atoms with Gasteiger partial charge in [0, 0.05) is 0 Å². The predicted molar refractivity (Wildman–Crippen MR) is 56.4 cm³/mol. The molecule has 0 fully saturated rings. The topological polar surface area (TPSA) is 72.5 Å². The summed E-state index contributed by atoms with van der Waals surface area (Å²) in [6.45, 7) is 1.95. The van der Waals surface area contributed by atoms with Crippen LogP contribution in [0.3, 0.4) is 0 Å². The monoisotopic (exact) mass is 209 g/mol. The van der Waals surface area contributed by atoms with Gasteiger partial charge in [0.2, 0.25) is 0 Å². The molecule has 0 spiro atoms. The van der Waals surface area contributed by atoms with E-state index in [0.717, 1.165) is 5.56 Å². The van der Waals surface area contributed by atoms with E-state index in [1.807, 2.05) is 0 Å². The fraction of sp³-hybridized carbons (Fsp3) is 0.364. The van der Waals surface area contributed by atoms with Crippen LogP contribution in [0.5, 0.6) is 0 Å². The Morgan fingerprint density at radius 3 is 2.93 bits per heavy atom. The van der Waals surface area contributed by atoms with Gasteiger partial charge in [0.05, 0.1) is 24.8 Å². The highest BCUT2D eigenvalue weighted by Crippen LogP contribution is 2.12. The molecule has 0 unspecified atom stereocenters. The van der Waals surface area contributed by atoms with Gasteiger partial charge >= 0.3 is 5.97 Å². The van der Waals surface area contributed by atoms with Crippen molar-refractivity contribution in [2.24, 2.45) is 5.73 Å². The first-order valence-corrected chi connectivity index (χ1v) is 4.82. The molecular formula is C11H15NO3. The zero-order valence-electron chi connectivity index (χ0n) is 8.64. The Labute approximate surface area is 88.7 Å². The van der Waals surface area contributed by atoms with Crippen molar-refractivity contribution in [3.05, 3.63) is 35.4 Å². The fourth-order valence-corrected chi connectivity index (χ4v) is 1.22. The van der Waals surface area contributed by atoms with Crippen molar-refractivity contribution in [2.45, 2.75) is 13.0 Å². The van der Waals surface area contributed by atoms with Gasteiger partial charge in [0.25, 0.3) is 0 Å². The van der Waals surface area contributed by atoms with Crippen molar-refractivity contribution in [3.63, 3.8) is 0 Å². The van der Waals surface area contributed by atoms with E-state index >= 15 is 0 Å². The van der Waals surface area contributed by atoms with Crippen LogP contribution in [0.15, 0.2) is 24.3 Å². The number of carbonyl (C=O) groups excluding carboxylic acids is 1. The number of carbonyl (C=O) groups is 1. The Bertz CT molecular complexity index is 338. The van der Waals surface area contributed by atoms with E-state index in [0.29, 0.717) is 12.2 Å². The first-order chi connectivity index (χ1) is 7.19. The Kier molecular flexibility index (Phi) is 4.27. The van der Waals surface area contributed by atoms with Crippen LogP contribution >= 0.6 is 0 Å². The molecule has 0 amide bonds. The largest absolute Gasteiger partial charge is 0.462 e. The molecule has 1 aromatic carbocycles. The van der Waals surface area contributed by atoms with Crippen molar-refractivity contribution in [2.75, 3.05) is 13.2 Å². The summed E-state index contributed by atoms with van der Waals surface area (Å²) in [6.07, 6.45) is 0. The molecule has 0 heterocycles. The molecule has 1 atom stereocenters. The van der Waals surface area contributed by atoms with Gasteiger partial charge in [-0.2, -0.15) is 0 Å². The van der Waals surface area contributed by atoms with Gasteiger partial charge in [-0.1, -0.05) is 12.1 Å². The van der Waals surface area contributed by atoms with Crippen molar-refractivity contribution in [1.82, 2.24) is 0 Å². The average molecular weight is 209 g/mol. The second-order valence-electron chi connectivity index (χ2n) is 3.14. The Hall–Kier alpha value is -1.39. The lowest BCUT2D eigenvalue weighted by atomic mass is 10.1. The summed E-state index contributed by atoms with van der Waals surface area (Å²) in [5, 5.41) is 8.88. The zero-order valence-corrected chi connectivity index (χ0v) is 8.64. The molecule has 0 aliphatic rings. The van der Waals surface area contributed by atoms with Crippen LogP contribution in [0.2, 0.25) is 0 Å². The Morgan fingerprint density at radius 1 is 1.60 bits per heavy atom. The van der Waals surface area contributed by atoms with E-state index in [1.54, 1.807) is 31.2 Å². The summed E-state index contributed by atoms with van der Waals surface area (Å²) in [7, 11) is 0. The predicted octanol–water partition coefficient (Wildman–Crippen LogP) is 0.855. The lowest BCUT2D eigenvalue weighted by Gasteiger charge is -2.09. The number of hydrogen-bond donors (Lipinski definition) is 2. The molecule has 0 aromatic heterocycles. The summed E-state index contributed by atoms with van der Waals surface area (Å²) in [5.41, 5.74) is 6.82. The third kappa shape index (κ3) is 3.04. The summed E-state index contributed by atoms with van der Waals surface area (Å²) in [6, 6.07) is 6.32. The SMILES string of the molecule is CCOC(=O)c1cccc([C@@H](N)CO)c1. The summed E-state index contributed by atoms with van der Waals surface area (Å²) >= 11 is 0. The van der Waals surface area contributed by atoms with Gasteiger partial charge in [0.15, 0.2) is 0 Å². The summed E-state index contributed by atoms with van der Waals surface area (Å²) in [4.78, 5) is 11.4. The van der Waals surface area contributed by atoms with Crippen LogP contribution in [0.4, 0.5) is 0 Å². The summed E-state index contributed by atoms with van der Waals surface area (Å²) in [5.74, 6) is -0.371. The van der Waals surface area contributed by atoms with E-state index < -0.39 is 6.04 Å². The maximum atomic E-state index is 11.4. The molecule has 1 rings (SSSR count). The smallest absolute Gasteiger partial charge is 0.338 e. The van der Waals surface area contributed by atoms with Crippen molar-refractivity contribution < 1.29 is 14.6 Å². The van der Waals surface area contributed by atoms with Crippen LogP contribution in [0.25, 0.3) is 0 Å². The van der Waals surface area contributed by atoms with Gasteiger partial charge in [-0.15, -0.1) is 0 Å². The van der Waals surface area contributed by atoms with Crippen molar-refractivity contribution in [3.8, 4) is 0 Å². The molecule has 4 heteroatoms. The molecule has 0 bridgehead atoms. The maximum absolute atomic E-state index is 11.4. The van der Waals surface area contributed by atoms with E-state index in [4.69, 9.17) is 15.6 Å². The third-order valence-electron chi connectivity index (χ3n) is 2.02. The molecular weight excluding hydrogens is 194 g/mol. The highest BCUT2D eigenvalue weighted by molar-refractivity contribution is 5.89. The fourth-order valence-electron chi connectivity index (χ4n) is 1.22. The molecule has 4 nitrogen and oxygen atoms in total. The minimum absolute atomic E-state index is 0.147. The number of esters is 1. The standard InChI is InChI=1S/C11H15NO3/c1-2-15-11(14)9-5-3-4-8(6-9)10(12)7-13/h3-6,10,13H,2,7,12H2,1H3/t10-/m0/s1. The first-order valence-electron chi connectivity index (χ1n) is 4.82. The minimum Gasteiger partial charge on any atom is -0.462 e. The Morgan fingerprint density at radius 2 is 2.33 bits per heavy atom. The molecule has 0 radical (unpaired) electrons. The first kappa shape index (κ1) is 11.7. The van der Waals surface area contributed by atoms with E-state index in [2.05, 4.69) is 0 Å². The quantitative estimate of drug-likeness (QED) is 0.721. The molecule has 0 aliphatic carbocycles. The molecule has 82 valence electrons. The number of hydrogen-bond acceptors (Lipinski definition) is 4. The zero-order chi connectivity index (χ0) is 11.3. The van der Waals surface area contributed by atoms with Crippen LogP contribution in [0, 0.1) is 0 Å². The van der Waals surface area contributed by atoms with E-state index in [9.17, 15) is 4.79 Å². The van der Waals surface area contributed by atoms with Crippen LogP contribution in [-0.4, -0.2) is 24.3 Å². The second kappa shape index (κ2) is 5.48. The van der Waals surface area contributed by atoms with Gasteiger partial charge in [0.1, 0.15) is 0 Å². The van der Waals surface area contributed by atoms with Gasteiger partial charge < -0.3 is 15.6 Å². The Balaban J connectivity index is 2.87. The number of benzene rings is 1. The molecule has 0 aliphatic heterocycles. The minimum atomic E-state index is -0.459.